The fourth-order valence-corrected chi connectivity index (χ4v) is 1.52. The van der Waals surface area contributed by atoms with E-state index in [1.165, 1.54) is 0 Å². The third-order valence-electron chi connectivity index (χ3n) is 2.38. The minimum absolute atomic E-state index is 0.106. The van der Waals surface area contributed by atoms with Crippen LogP contribution in [0, 0.1) is 0 Å². The first-order chi connectivity index (χ1) is 8.08. The van der Waals surface area contributed by atoms with Crippen LogP contribution >= 0.6 is 0 Å². The van der Waals surface area contributed by atoms with Gasteiger partial charge in [-0.2, -0.15) is 5.10 Å². The molecule has 0 spiro atoms. The van der Waals surface area contributed by atoms with Crippen LogP contribution < -0.4 is 10.9 Å². The van der Waals surface area contributed by atoms with Crippen molar-refractivity contribution in [3.63, 3.8) is 0 Å². The van der Waals surface area contributed by atoms with Crippen LogP contribution in [0.5, 0.6) is 0 Å². The molecule has 17 heavy (non-hydrogen) atoms. The van der Waals surface area contributed by atoms with Crippen LogP contribution in [0.15, 0.2) is 29.5 Å². The Labute approximate surface area is 98.9 Å². The Bertz CT molecular complexity index is 569. The van der Waals surface area contributed by atoms with E-state index in [0.717, 1.165) is 0 Å². The fourth-order valence-electron chi connectivity index (χ4n) is 1.52. The second-order valence-corrected chi connectivity index (χ2v) is 4.08. The summed E-state index contributed by atoms with van der Waals surface area (Å²) in [5.74, 6) is 0.901. The first-order valence-electron chi connectivity index (χ1n) is 5.41. The van der Waals surface area contributed by atoms with Gasteiger partial charge in [-0.1, -0.05) is 0 Å². The van der Waals surface area contributed by atoms with Crippen molar-refractivity contribution in [2.24, 2.45) is 7.05 Å². The van der Waals surface area contributed by atoms with Crippen LogP contribution in [0.3, 0.4) is 0 Å². The number of aromatic nitrogens is 4. The number of hydrogen-bond donors (Lipinski definition) is 1. The molecule has 1 N–H and O–H groups in total. The van der Waals surface area contributed by atoms with E-state index >= 15 is 0 Å². The molecule has 90 valence electrons. The monoisotopic (exact) mass is 233 g/mol. The molecule has 6 nitrogen and oxygen atoms in total. The van der Waals surface area contributed by atoms with Gasteiger partial charge in [0.15, 0.2) is 11.6 Å². The van der Waals surface area contributed by atoms with Crippen molar-refractivity contribution in [1.82, 2.24) is 19.3 Å². The van der Waals surface area contributed by atoms with E-state index in [-0.39, 0.29) is 11.6 Å². The van der Waals surface area contributed by atoms with Gasteiger partial charge in [-0.3, -0.25) is 9.48 Å². The molecule has 0 amide bonds. The lowest BCUT2D eigenvalue weighted by Crippen LogP contribution is -2.24. The standard InChI is InChI=1S/C11H15N5O/c1-8(2)16-7-5-12-10(11(16)17)13-9-4-6-15(3)14-9/h4-8H,1-3H3,(H,12,13,14). The predicted octanol–water partition coefficient (Wildman–Crippen LogP) is 1.30. The van der Waals surface area contributed by atoms with Gasteiger partial charge in [-0.25, -0.2) is 4.98 Å². The number of aryl methyl sites for hydroxylation is 1. The summed E-state index contributed by atoms with van der Waals surface area (Å²) in [7, 11) is 1.82. The Morgan fingerprint density at radius 2 is 2.12 bits per heavy atom. The lowest BCUT2D eigenvalue weighted by Gasteiger charge is -2.10. The van der Waals surface area contributed by atoms with E-state index in [1.807, 2.05) is 20.9 Å². The van der Waals surface area contributed by atoms with Crippen molar-refractivity contribution >= 4 is 11.6 Å². The molecule has 0 saturated heterocycles. The maximum absolute atomic E-state index is 12.0. The van der Waals surface area contributed by atoms with E-state index in [0.29, 0.717) is 11.6 Å². The molecule has 0 radical (unpaired) electrons. The quantitative estimate of drug-likeness (QED) is 0.867. The third kappa shape index (κ3) is 2.35. The molecule has 0 saturated carbocycles. The van der Waals surface area contributed by atoms with Crippen LogP contribution in [0.4, 0.5) is 11.6 Å². The summed E-state index contributed by atoms with van der Waals surface area (Å²) in [4.78, 5) is 16.1. The number of rotatable bonds is 3. The largest absolute Gasteiger partial charge is 0.319 e. The van der Waals surface area contributed by atoms with Crippen LogP contribution in [0.1, 0.15) is 19.9 Å². The molecule has 0 fully saturated rings. The number of nitrogens with one attached hydrogen (secondary N) is 1. The summed E-state index contributed by atoms with van der Waals surface area (Å²) < 4.78 is 3.28. The van der Waals surface area contributed by atoms with Crippen molar-refractivity contribution in [3.05, 3.63) is 35.0 Å². The SMILES string of the molecule is CC(C)n1ccnc(Nc2ccn(C)n2)c1=O. The highest BCUT2D eigenvalue weighted by Gasteiger charge is 2.08. The summed E-state index contributed by atoms with van der Waals surface area (Å²) in [6, 6.07) is 1.89. The second kappa shape index (κ2) is 4.40. The fraction of sp³-hybridized carbons (Fsp3) is 0.364. The molecular weight excluding hydrogens is 218 g/mol. The lowest BCUT2D eigenvalue weighted by atomic mass is 10.4. The molecule has 6 heteroatoms. The summed E-state index contributed by atoms with van der Waals surface area (Å²) in [6.07, 6.45) is 5.08. The van der Waals surface area contributed by atoms with Gasteiger partial charge in [0.1, 0.15) is 0 Å². The Kier molecular flexibility index (Phi) is 2.95. The molecule has 0 aromatic carbocycles. The lowest BCUT2D eigenvalue weighted by molar-refractivity contribution is 0.575. The third-order valence-corrected chi connectivity index (χ3v) is 2.38. The van der Waals surface area contributed by atoms with Gasteiger partial charge >= 0.3 is 0 Å². The Morgan fingerprint density at radius 3 is 2.71 bits per heavy atom. The van der Waals surface area contributed by atoms with Gasteiger partial charge in [0, 0.05) is 37.7 Å². The van der Waals surface area contributed by atoms with E-state index < -0.39 is 0 Å². The summed E-state index contributed by atoms with van der Waals surface area (Å²) >= 11 is 0. The van der Waals surface area contributed by atoms with Gasteiger partial charge in [-0.15, -0.1) is 0 Å². The molecule has 2 rings (SSSR count). The smallest absolute Gasteiger partial charge is 0.293 e. The van der Waals surface area contributed by atoms with Gasteiger partial charge in [0.05, 0.1) is 0 Å². The molecule has 0 bridgehead atoms. The van der Waals surface area contributed by atoms with E-state index in [4.69, 9.17) is 0 Å². The first kappa shape index (κ1) is 11.4. The number of nitrogens with zero attached hydrogens (tertiary/aromatic N) is 4. The number of anilines is 2. The average molecular weight is 233 g/mol. The summed E-state index contributed by atoms with van der Waals surface area (Å²) in [5, 5.41) is 7.05. The van der Waals surface area contributed by atoms with E-state index in [2.05, 4.69) is 15.4 Å². The molecule has 0 aliphatic rings. The molecular formula is C11H15N5O. The normalized spacial score (nSPS) is 10.8. The van der Waals surface area contributed by atoms with Crippen molar-refractivity contribution < 1.29 is 0 Å². The minimum atomic E-state index is -0.145. The maximum atomic E-state index is 12.0. The number of hydrogen-bond acceptors (Lipinski definition) is 4. The molecule has 0 unspecified atom stereocenters. The topological polar surface area (TPSA) is 64.7 Å². The van der Waals surface area contributed by atoms with Crippen LogP contribution in [-0.4, -0.2) is 19.3 Å². The zero-order chi connectivity index (χ0) is 12.4. The van der Waals surface area contributed by atoms with Crippen molar-refractivity contribution in [3.8, 4) is 0 Å². The second-order valence-electron chi connectivity index (χ2n) is 4.08. The van der Waals surface area contributed by atoms with E-state index in [1.54, 1.807) is 33.9 Å². The highest BCUT2D eigenvalue weighted by Crippen LogP contribution is 2.08. The van der Waals surface area contributed by atoms with Crippen LogP contribution in [-0.2, 0) is 7.05 Å². The van der Waals surface area contributed by atoms with E-state index in [9.17, 15) is 4.79 Å². The Hall–Kier alpha value is -2.11. The molecule has 0 atom stereocenters. The average Bonchev–Trinajstić information content (AvgIpc) is 2.67. The molecule has 2 aromatic rings. The van der Waals surface area contributed by atoms with Crippen LogP contribution in [0.2, 0.25) is 0 Å². The Morgan fingerprint density at radius 1 is 1.35 bits per heavy atom. The van der Waals surface area contributed by atoms with Crippen molar-refractivity contribution in [1.29, 1.82) is 0 Å². The predicted molar refractivity (Wildman–Crippen MR) is 65.4 cm³/mol. The molecule has 2 aromatic heterocycles. The first-order valence-corrected chi connectivity index (χ1v) is 5.41. The van der Waals surface area contributed by atoms with Gasteiger partial charge in [-0.05, 0) is 13.8 Å². The Balaban J connectivity index is 2.34. The zero-order valence-electron chi connectivity index (χ0n) is 10.1. The van der Waals surface area contributed by atoms with Gasteiger partial charge < -0.3 is 9.88 Å². The molecule has 2 heterocycles. The minimum Gasteiger partial charge on any atom is -0.319 e. The highest BCUT2D eigenvalue weighted by molar-refractivity contribution is 5.49. The van der Waals surface area contributed by atoms with Crippen molar-refractivity contribution in [2.75, 3.05) is 5.32 Å². The van der Waals surface area contributed by atoms with Crippen LogP contribution in [0.25, 0.3) is 0 Å². The van der Waals surface area contributed by atoms with Gasteiger partial charge in [0.25, 0.3) is 5.56 Å². The molecule has 0 aliphatic heterocycles. The van der Waals surface area contributed by atoms with Gasteiger partial charge in [0.2, 0.25) is 0 Å². The highest BCUT2D eigenvalue weighted by atomic mass is 16.1. The van der Waals surface area contributed by atoms with Crippen molar-refractivity contribution in [2.45, 2.75) is 19.9 Å². The summed E-state index contributed by atoms with van der Waals surface area (Å²) in [6.45, 7) is 3.90. The zero-order valence-corrected chi connectivity index (χ0v) is 10.1. The molecule has 0 aliphatic carbocycles. The summed E-state index contributed by atoms with van der Waals surface area (Å²) in [5.41, 5.74) is -0.145. The maximum Gasteiger partial charge on any atom is 0.293 e.